The summed E-state index contributed by atoms with van der Waals surface area (Å²) in [6, 6.07) is 9.29. The van der Waals surface area contributed by atoms with Gasteiger partial charge >= 0.3 is 5.97 Å². The Hall–Kier alpha value is -4.03. The van der Waals surface area contributed by atoms with Crippen molar-refractivity contribution >= 4 is 47.2 Å². The van der Waals surface area contributed by atoms with Gasteiger partial charge in [-0.3, -0.25) is 14.4 Å². The Labute approximate surface area is 243 Å². The van der Waals surface area contributed by atoms with Crippen LogP contribution in [-0.4, -0.2) is 68.8 Å². The molecule has 0 saturated heterocycles. The Morgan fingerprint density at radius 3 is 2.12 bits per heavy atom. The normalized spacial score (nSPS) is 14.2. The van der Waals surface area contributed by atoms with E-state index in [-0.39, 0.29) is 36.7 Å². The number of rotatable bonds is 14. The molecule has 0 bridgehead atoms. The average Bonchev–Trinajstić information content (AvgIpc) is 3.34. The second kappa shape index (κ2) is 14.6. The minimum Gasteiger partial charge on any atom is -0.508 e. The molecule has 12 heteroatoms. The number of H-pyrrole nitrogens is 1. The van der Waals surface area contributed by atoms with Crippen LogP contribution in [0.4, 0.5) is 0 Å². The van der Waals surface area contributed by atoms with Gasteiger partial charge in [-0.15, -0.1) is 0 Å². The predicted molar refractivity (Wildman–Crippen MR) is 159 cm³/mol. The number of aromatic amines is 1. The number of carbonyl (C=O) groups is 4. The molecule has 11 nitrogen and oxygen atoms in total. The number of carboxylic acid groups (broad SMARTS) is 1. The lowest BCUT2D eigenvalue weighted by Crippen LogP contribution is -2.58. The fourth-order valence-corrected chi connectivity index (χ4v) is 4.68. The third kappa shape index (κ3) is 8.98. The predicted octanol–water partition coefficient (Wildman–Crippen LogP) is 1.50. The molecule has 8 N–H and O–H groups in total. The van der Waals surface area contributed by atoms with E-state index < -0.39 is 47.9 Å². The molecule has 3 rings (SSSR count). The van der Waals surface area contributed by atoms with E-state index in [1.807, 2.05) is 38.1 Å². The number of aromatic hydroxyl groups is 1. The molecule has 0 aliphatic heterocycles. The van der Waals surface area contributed by atoms with Crippen molar-refractivity contribution in [1.82, 2.24) is 20.9 Å². The lowest BCUT2D eigenvalue weighted by molar-refractivity contribution is -0.142. The summed E-state index contributed by atoms with van der Waals surface area (Å²) in [7, 11) is 0. The zero-order valence-corrected chi connectivity index (χ0v) is 23.9. The second-order valence-corrected chi connectivity index (χ2v) is 10.7. The first-order chi connectivity index (χ1) is 19.5. The number of para-hydroxylation sites is 1. The van der Waals surface area contributed by atoms with Gasteiger partial charge in [0.2, 0.25) is 17.7 Å². The number of carboxylic acids is 1. The summed E-state index contributed by atoms with van der Waals surface area (Å²) in [6.45, 7) is 3.72. The molecule has 0 radical (unpaired) electrons. The second-order valence-electron chi connectivity index (χ2n) is 10.4. The van der Waals surface area contributed by atoms with E-state index in [9.17, 15) is 29.4 Å². The van der Waals surface area contributed by atoms with Crippen LogP contribution in [-0.2, 0) is 32.0 Å². The van der Waals surface area contributed by atoms with Crippen LogP contribution in [0.3, 0.4) is 0 Å². The zero-order chi connectivity index (χ0) is 30.1. The zero-order valence-electron chi connectivity index (χ0n) is 23.0. The molecular weight excluding hydrogens is 546 g/mol. The van der Waals surface area contributed by atoms with Crippen molar-refractivity contribution < 1.29 is 29.4 Å². The highest BCUT2D eigenvalue weighted by Crippen LogP contribution is 2.19. The van der Waals surface area contributed by atoms with Crippen molar-refractivity contribution in [3.8, 4) is 5.75 Å². The van der Waals surface area contributed by atoms with Crippen molar-refractivity contribution in [2.75, 3.05) is 5.75 Å². The SMILES string of the molecule is CC(C)CC(NC(=O)C(CS)NC(=O)C(N)Cc1c[nH]c2ccccc12)C(=O)NC(Cc1ccc(O)cc1)C(=O)O. The molecule has 0 aliphatic rings. The molecule has 4 atom stereocenters. The molecule has 1 aromatic heterocycles. The van der Waals surface area contributed by atoms with Crippen LogP contribution in [0.25, 0.3) is 10.9 Å². The van der Waals surface area contributed by atoms with Crippen LogP contribution in [0.1, 0.15) is 31.4 Å². The first kappa shape index (κ1) is 31.5. The molecular formula is C29H37N5O6S. The monoisotopic (exact) mass is 583 g/mol. The number of nitrogens with two attached hydrogens (primary N) is 1. The lowest BCUT2D eigenvalue weighted by Gasteiger charge is -2.25. The van der Waals surface area contributed by atoms with E-state index in [0.717, 1.165) is 16.5 Å². The summed E-state index contributed by atoms with van der Waals surface area (Å²) >= 11 is 4.21. The van der Waals surface area contributed by atoms with E-state index in [4.69, 9.17) is 5.73 Å². The number of aromatic nitrogens is 1. The van der Waals surface area contributed by atoms with Crippen molar-refractivity contribution in [1.29, 1.82) is 0 Å². The molecule has 0 spiro atoms. The van der Waals surface area contributed by atoms with Gasteiger partial charge in [0, 0.05) is 29.3 Å². The van der Waals surface area contributed by atoms with Gasteiger partial charge in [0.15, 0.2) is 0 Å². The maximum absolute atomic E-state index is 13.1. The smallest absolute Gasteiger partial charge is 0.326 e. The van der Waals surface area contributed by atoms with Crippen molar-refractivity contribution in [3.63, 3.8) is 0 Å². The molecule has 1 heterocycles. The quantitative estimate of drug-likeness (QED) is 0.132. The molecule has 4 unspecified atom stereocenters. The van der Waals surface area contributed by atoms with E-state index in [0.29, 0.717) is 5.56 Å². The lowest BCUT2D eigenvalue weighted by atomic mass is 10.0. The fourth-order valence-electron chi connectivity index (χ4n) is 4.42. The number of aliphatic carboxylic acids is 1. The average molecular weight is 584 g/mol. The van der Waals surface area contributed by atoms with Gasteiger partial charge in [-0.25, -0.2) is 4.79 Å². The minimum atomic E-state index is -1.26. The van der Waals surface area contributed by atoms with Crippen LogP contribution in [0, 0.1) is 5.92 Å². The number of hydrogen-bond acceptors (Lipinski definition) is 7. The fraction of sp³-hybridized carbons (Fsp3) is 0.379. The molecule has 220 valence electrons. The van der Waals surface area contributed by atoms with Gasteiger partial charge < -0.3 is 36.9 Å². The third-order valence-electron chi connectivity index (χ3n) is 6.60. The summed E-state index contributed by atoms with van der Waals surface area (Å²) in [6.07, 6.45) is 2.25. The summed E-state index contributed by atoms with van der Waals surface area (Å²) in [4.78, 5) is 54.1. The Balaban J connectivity index is 1.64. The number of benzene rings is 2. The highest BCUT2D eigenvalue weighted by Gasteiger charge is 2.30. The van der Waals surface area contributed by atoms with Crippen LogP contribution in [0.5, 0.6) is 5.75 Å². The first-order valence-corrected chi connectivity index (χ1v) is 13.9. The number of carbonyl (C=O) groups excluding carboxylic acids is 3. The highest BCUT2D eigenvalue weighted by atomic mass is 32.1. The molecule has 3 amide bonds. The molecule has 3 aromatic rings. The number of nitrogens with one attached hydrogen (secondary N) is 4. The minimum absolute atomic E-state index is 0.0138. The summed E-state index contributed by atoms with van der Waals surface area (Å²) in [5.74, 6) is -3.13. The summed E-state index contributed by atoms with van der Waals surface area (Å²) < 4.78 is 0. The van der Waals surface area contributed by atoms with E-state index in [1.54, 1.807) is 18.3 Å². The highest BCUT2D eigenvalue weighted by molar-refractivity contribution is 7.80. The Morgan fingerprint density at radius 1 is 0.878 bits per heavy atom. The molecule has 0 saturated carbocycles. The van der Waals surface area contributed by atoms with E-state index >= 15 is 0 Å². The van der Waals surface area contributed by atoms with Gasteiger partial charge in [0.1, 0.15) is 23.9 Å². The van der Waals surface area contributed by atoms with Gasteiger partial charge in [0.05, 0.1) is 6.04 Å². The number of phenolic OH excluding ortho intramolecular Hbond substituents is 1. The van der Waals surface area contributed by atoms with Gasteiger partial charge in [0.25, 0.3) is 0 Å². The molecule has 41 heavy (non-hydrogen) atoms. The number of fused-ring (bicyclic) bond motifs is 1. The number of hydrogen-bond donors (Lipinski definition) is 8. The Morgan fingerprint density at radius 2 is 1.49 bits per heavy atom. The Kier molecular flexibility index (Phi) is 11.2. The van der Waals surface area contributed by atoms with Crippen LogP contribution >= 0.6 is 12.6 Å². The molecule has 2 aromatic carbocycles. The Bertz CT molecular complexity index is 1360. The molecule has 0 aliphatic carbocycles. The van der Waals surface area contributed by atoms with Crippen molar-refractivity contribution in [2.24, 2.45) is 11.7 Å². The topological polar surface area (TPSA) is 187 Å². The van der Waals surface area contributed by atoms with Crippen LogP contribution < -0.4 is 21.7 Å². The number of amides is 3. The van der Waals surface area contributed by atoms with Crippen molar-refractivity contribution in [2.45, 2.75) is 57.3 Å². The van der Waals surface area contributed by atoms with Crippen LogP contribution in [0.15, 0.2) is 54.7 Å². The van der Waals surface area contributed by atoms with E-state index in [1.165, 1.54) is 12.1 Å². The summed E-state index contributed by atoms with van der Waals surface area (Å²) in [5, 5.41) is 27.9. The summed E-state index contributed by atoms with van der Waals surface area (Å²) in [5.41, 5.74) is 8.54. The van der Waals surface area contributed by atoms with Crippen LogP contribution in [0.2, 0.25) is 0 Å². The van der Waals surface area contributed by atoms with Gasteiger partial charge in [-0.2, -0.15) is 12.6 Å². The third-order valence-corrected chi connectivity index (χ3v) is 6.96. The largest absolute Gasteiger partial charge is 0.508 e. The van der Waals surface area contributed by atoms with Gasteiger partial charge in [-0.05, 0) is 48.1 Å². The standard InChI is InChI=1S/C29H37N5O6S/c1-16(2)11-23(27(37)33-24(29(39)40)12-17-7-9-19(35)10-8-17)32-28(38)25(15-41)34-26(36)21(30)13-18-14-31-22-6-4-3-5-20(18)22/h3-10,14,16,21,23-25,31,35,41H,11-13,15,30H2,1-2H3,(H,32,38)(H,33,37)(H,34,36)(H,39,40). The number of thiol groups is 1. The maximum atomic E-state index is 13.1. The van der Waals surface area contributed by atoms with E-state index in [2.05, 4.69) is 33.6 Å². The molecule has 0 fully saturated rings. The van der Waals surface area contributed by atoms with Gasteiger partial charge in [-0.1, -0.05) is 44.2 Å². The number of phenols is 1. The van der Waals surface area contributed by atoms with Crippen molar-refractivity contribution in [3.05, 3.63) is 65.9 Å². The maximum Gasteiger partial charge on any atom is 0.326 e. The first-order valence-electron chi connectivity index (χ1n) is 13.3.